The van der Waals surface area contributed by atoms with Gasteiger partial charge in [0.2, 0.25) is 0 Å². The fourth-order valence-corrected chi connectivity index (χ4v) is 4.83. The molecule has 1 aromatic carbocycles. The van der Waals surface area contributed by atoms with Crippen molar-refractivity contribution in [1.29, 1.82) is 0 Å². The first kappa shape index (κ1) is 21.1. The maximum Gasteiger partial charge on any atom is 0.340 e. The molecule has 0 amide bonds. The Morgan fingerprint density at radius 2 is 1.79 bits per heavy atom. The molecule has 0 aromatic heterocycles. The molecular weight excluding hydrogens is 358 g/mol. The van der Waals surface area contributed by atoms with Crippen LogP contribution in [0.3, 0.4) is 0 Å². The molecule has 0 N–H and O–H groups in total. The minimum atomic E-state index is -0.986. The van der Waals surface area contributed by atoms with E-state index in [4.69, 9.17) is 18.9 Å². The average molecular weight is 392 g/mol. The van der Waals surface area contributed by atoms with Crippen molar-refractivity contribution in [3.63, 3.8) is 0 Å². The lowest BCUT2D eigenvalue weighted by Crippen LogP contribution is -2.49. The summed E-state index contributed by atoms with van der Waals surface area (Å²) in [6, 6.07) is 8.36. The summed E-state index contributed by atoms with van der Waals surface area (Å²) in [6.07, 6.45) is 4.68. The summed E-state index contributed by atoms with van der Waals surface area (Å²) in [5.74, 6) is 0.413. The predicted molar refractivity (Wildman–Crippen MR) is 107 cm³/mol. The van der Waals surface area contributed by atoms with Gasteiger partial charge in [-0.2, -0.15) is 0 Å². The van der Waals surface area contributed by atoms with Crippen molar-refractivity contribution in [1.82, 2.24) is 4.90 Å². The van der Waals surface area contributed by atoms with Gasteiger partial charge in [-0.1, -0.05) is 12.1 Å². The highest BCUT2D eigenvalue weighted by molar-refractivity contribution is 5.82. The van der Waals surface area contributed by atoms with Gasteiger partial charge in [0, 0.05) is 38.8 Å². The molecule has 1 aliphatic carbocycles. The molecule has 1 saturated carbocycles. The highest BCUT2D eigenvalue weighted by Crippen LogP contribution is 2.42. The molecule has 1 heterocycles. The number of rotatable bonds is 7. The first-order valence-corrected chi connectivity index (χ1v) is 10.2. The summed E-state index contributed by atoms with van der Waals surface area (Å²) >= 11 is 0. The third kappa shape index (κ3) is 4.04. The second-order valence-corrected chi connectivity index (χ2v) is 7.73. The molecule has 2 atom stereocenters. The summed E-state index contributed by atoms with van der Waals surface area (Å²) in [6.45, 7) is 4.15. The Labute approximate surface area is 168 Å². The van der Waals surface area contributed by atoms with E-state index in [2.05, 4.69) is 11.8 Å². The average Bonchev–Trinajstić information content (AvgIpc) is 3.15. The number of hydrogen-bond acceptors (Lipinski definition) is 6. The molecule has 2 fully saturated rings. The summed E-state index contributed by atoms with van der Waals surface area (Å²) in [5, 5.41) is 0. The Hall–Kier alpha value is -1.63. The lowest BCUT2D eigenvalue weighted by Gasteiger charge is -2.35. The van der Waals surface area contributed by atoms with Crippen LogP contribution in [0.1, 0.15) is 44.1 Å². The third-order valence-corrected chi connectivity index (χ3v) is 6.39. The maximum absolute atomic E-state index is 12.8. The normalized spacial score (nSPS) is 30.9. The molecule has 0 bridgehead atoms. The van der Waals surface area contributed by atoms with Crippen molar-refractivity contribution in [3.8, 4) is 5.75 Å². The minimum absolute atomic E-state index is 0.0829. The fraction of sp³-hybridized carbons (Fsp3) is 0.682. The van der Waals surface area contributed by atoms with Crippen LogP contribution in [0, 0.1) is 0 Å². The molecule has 2 unspecified atom stereocenters. The van der Waals surface area contributed by atoms with Crippen LogP contribution in [-0.4, -0.2) is 69.6 Å². The van der Waals surface area contributed by atoms with Crippen LogP contribution in [0.5, 0.6) is 5.75 Å². The van der Waals surface area contributed by atoms with Crippen molar-refractivity contribution in [2.24, 2.45) is 0 Å². The fourth-order valence-electron chi connectivity index (χ4n) is 4.83. The van der Waals surface area contributed by atoms with Gasteiger partial charge in [0.1, 0.15) is 5.75 Å². The molecule has 1 saturated heterocycles. The van der Waals surface area contributed by atoms with Crippen LogP contribution in [-0.2, 0) is 19.0 Å². The van der Waals surface area contributed by atoms with E-state index in [9.17, 15) is 4.79 Å². The minimum Gasteiger partial charge on any atom is -0.497 e. The number of methoxy groups -OCH3 is 3. The lowest BCUT2D eigenvalue weighted by atomic mass is 9.84. The van der Waals surface area contributed by atoms with Gasteiger partial charge in [-0.3, -0.25) is 4.90 Å². The monoisotopic (exact) mass is 391 g/mol. The van der Waals surface area contributed by atoms with Gasteiger partial charge in [0.05, 0.1) is 20.3 Å². The van der Waals surface area contributed by atoms with Crippen LogP contribution in [0.4, 0.5) is 0 Å². The number of carbonyl (C=O) groups excluding carboxylic acids is 1. The molecular formula is C22H33NO5. The van der Waals surface area contributed by atoms with Gasteiger partial charge in [0.25, 0.3) is 0 Å². The molecule has 3 rings (SSSR count). The first-order chi connectivity index (χ1) is 13.6. The van der Waals surface area contributed by atoms with Crippen molar-refractivity contribution in [3.05, 3.63) is 29.8 Å². The van der Waals surface area contributed by atoms with E-state index >= 15 is 0 Å². The van der Waals surface area contributed by atoms with Gasteiger partial charge < -0.3 is 18.9 Å². The van der Waals surface area contributed by atoms with Crippen LogP contribution in [0.2, 0.25) is 0 Å². The van der Waals surface area contributed by atoms with E-state index in [1.807, 2.05) is 24.3 Å². The molecule has 2 aliphatic rings. The van der Waals surface area contributed by atoms with E-state index in [1.54, 1.807) is 14.2 Å². The summed E-state index contributed by atoms with van der Waals surface area (Å²) < 4.78 is 22.1. The van der Waals surface area contributed by atoms with Crippen LogP contribution in [0.15, 0.2) is 24.3 Å². The molecule has 6 heteroatoms. The molecule has 0 radical (unpaired) electrons. The number of hydrogen-bond donors (Lipinski definition) is 0. The summed E-state index contributed by atoms with van der Waals surface area (Å²) in [7, 11) is 4.70. The standard InChI is InChI=1S/C22H33NO5/c1-5-28-19-12-8-17(9-13-19)23-14-20(16-6-10-18(25-2)11-7-16)22(15-23,27-4)21(24)26-3/h6-7,10-11,17,19-20H,5,8-9,12-15H2,1-4H3/t17-,19-,20?,22?. The van der Waals surface area contributed by atoms with Gasteiger partial charge in [-0.15, -0.1) is 0 Å². The molecule has 0 spiro atoms. The summed E-state index contributed by atoms with van der Waals surface area (Å²) in [5.41, 5.74) is 0.0821. The van der Waals surface area contributed by atoms with E-state index in [1.165, 1.54) is 7.11 Å². The Balaban J connectivity index is 1.81. The molecule has 156 valence electrons. The molecule has 1 aliphatic heterocycles. The van der Waals surface area contributed by atoms with Crippen LogP contribution < -0.4 is 4.74 Å². The molecule has 6 nitrogen and oxygen atoms in total. The van der Waals surface area contributed by atoms with Crippen LogP contribution >= 0.6 is 0 Å². The molecule has 1 aromatic rings. The SMILES string of the molecule is CCO[C@H]1CC[C@H](N2CC(c3ccc(OC)cc3)C(OC)(C(=O)OC)C2)CC1. The highest BCUT2D eigenvalue weighted by atomic mass is 16.6. The largest absolute Gasteiger partial charge is 0.497 e. The second-order valence-electron chi connectivity index (χ2n) is 7.73. The smallest absolute Gasteiger partial charge is 0.340 e. The number of nitrogens with zero attached hydrogens (tertiary/aromatic N) is 1. The number of carbonyl (C=O) groups is 1. The van der Waals surface area contributed by atoms with E-state index in [0.717, 1.165) is 50.1 Å². The summed E-state index contributed by atoms with van der Waals surface area (Å²) in [4.78, 5) is 15.2. The van der Waals surface area contributed by atoms with Crippen molar-refractivity contribution < 1.29 is 23.7 Å². The zero-order chi connectivity index (χ0) is 20.1. The van der Waals surface area contributed by atoms with Gasteiger partial charge in [0.15, 0.2) is 5.60 Å². The maximum atomic E-state index is 12.8. The Morgan fingerprint density at radius 3 is 2.32 bits per heavy atom. The number of benzene rings is 1. The van der Waals surface area contributed by atoms with Gasteiger partial charge in [-0.05, 0) is 50.3 Å². The topological polar surface area (TPSA) is 57.2 Å². The zero-order valence-corrected chi connectivity index (χ0v) is 17.5. The Kier molecular flexibility index (Phi) is 6.96. The van der Waals surface area contributed by atoms with Crippen molar-refractivity contribution in [2.45, 2.75) is 56.3 Å². The van der Waals surface area contributed by atoms with Gasteiger partial charge in [-0.25, -0.2) is 4.79 Å². The first-order valence-electron chi connectivity index (χ1n) is 10.2. The lowest BCUT2D eigenvalue weighted by molar-refractivity contribution is -0.166. The second kappa shape index (κ2) is 9.25. The zero-order valence-electron chi connectivity index (χ0n) is 17.5. The predicted octanol–water partition coefficient (Wildman–Crippen LogP) is 3.00. The number of esters is 1. The quantitative estimate of drug-likeness (QED) is 0.666. The Morgan fingerprint density at radius 1 is 1.11 bits per heavy atom. The Bertz CT molecular complexity index is 641. The highest BCUT2D eigenvalue weighted by Gasteiger charge is 2.55. The number of likely N-dealkylation sites (tertiary alicyclic amines) is 1. The van der Waals surface area contributed by atoms with E-state index in [0.29, 0.717) is 18.7 Å². The number of ether oxygens (including phenoxy) is 4. The van der Waals surface area contributed by atoms with E-state index < -0.39 is 5.60 Å². The molecule has 28 heavy (non-hydrogen) atoms. The van der Waals surface area contributed by atoms with Gasteiger partial charge >= 0.3 is 5.97 Å². The van der Waals surface area contributed by atoms with E-state index in [-0.39, 0.29) is 11.9 Å². The third-order valence-electron chi connectivity index (χ3n) is 6.39. The van der Waals surface area contributed by atoms with Crippen LogP contribution in [0.25, 0.3) is 0 Å². The van der Waals surface area contributed by atoms with Crippen molar-refractivity contribution in [2.75, 3.05) is 41.0 Å². The van der Waals surface area contributed by atoms with Crippen molar-refractivity contribution >= 4 is 5.97 Å².